The molecule has 3 unspecified atom stereocenters. The van der Waals surface area contributed by atoms with Crippen LogP contribution in [0, 0.1) is 0 Å². The lowest BCUT2D eigenvalue weighted by Crippen LogP contribution is -2.27. The lowest BCUT2D eigenvalue weighted by atomic mass is 10.0. The average Bonchev–Trinajstić information content (AvgIpc) is 2.43. The SMILES string of the molecule is CCC(N)C(SC(C)CO)c1cccc(OC)c1. The van der Waals surface area contributed by atoms with Crippen LogP contribution in [0.1, 0.15) is 31.1 Å². The lowest BCUT2D eigenvalue weighted by molar-refractivity contribution is 0.299. The van der Waals surface area contributed by atoms with Gasteiger partial charge in [-0.05, 0) is 24.1 Å². The predicted molar refractivity (Wildman–Crippen MR) is 78.1 cm³/mol. The molecule has 0 aliphatic rings. The number of ether oxygens (including phenoxy) is 1. The van der Waals surface area contributed by atoms with E-state index in [4.69, 9.17) is 10.5 Å². The van der Waals surface area contributed by atoms with Gasteiger partial charge in [0.05, 0.1) is 13.7 Å². The molecule has 0 fully saturated rings. The van der Waals surface area contributed by atoms with E-state index in [0.29, 0.717) is 0 Å². The number of rotatable bonds is 7. The number of aliphatic hydroxyl groups is 1. The van der Waals surface area contributed by atoms with Gasteiger partial charge in [0.2, 0.25) is 0 Å². The summed E-state index contributed by atoms with van der Waals surface area (Å²) in [5, 5.41) is 9.57. The van der Waals surface area contributed by atoms with Gasteiger partial charge in [-0.2, -0.15) is 0 Å². The van der Waals surface area contributed by atoms with E-state index in [1.165, 1.54) is 0 Å². The molecular formula is C14H23NO2S. The molecular weight excluding hydrogens is 246 g/mol. The van der Waals surface area contributed by atoms with Gasteiger partial charge in [0.15, 0.2) is 0 Å². The van der Waals surface area contributed by atoms with Crippen LogP contribution in [0.2, 0.25) is 0 Å². The molecule has 3 atom stereocenters. The molecule has 0 radical (unpaired) electrons. The van der Waals surface area contributed by atoms with E-state index in [1.54, 1.807) is 18.9 Å². The van der Waals surface area contributed by atoms with Crippen molar-refractivity contribution >= 4 is 11.8 Å². The van der Waals surface area contributed by atoms with Crippen molar-refractivity contribution in [3.05, 3.63) is 29.8 Å². The van der Waals surface area contributed by atoms with Gasteiger partial charge >= 0.3 is 0 Å². The fourth-order valence-corrected chi connectivity index (χ4v) is 3.04. The first kappa shape index (κ1) is 15.3. The van der Waals surface area contributed by atoms with E-state index < -0.39 is 0 Å². The third-order valence-electron chi connectivity index (χ3n) is 2.92. The number of aliphatic hydroxyl groups excluding tert-OH is 1. The van der Waals surface area contributed by atoms with Gasteiger partial charge in [-0.15, -0.1) is 11.8 Å². The quantitative estimate of drug-likeness (QED) is 0.799. The van der Waals surface area contributed by atoms with E-state index in [-0.39, 0.29) is 23.1 Å². The zero-order valence-electron chi connectivity index (χ0n) is 11.3. The highest BCUT2D eigenvalue weighted by molar-refractivity contribution is 8.00. The third kappa shape index (κ3) is 4.19. The van der Waals surface area contributed by atoms with Crippen molar-refractivity contribution in [3.63, 3.8) is 0 Å². The molecule has 0 aliphatic carbocycles. The van der Waals surface area contributed by atoms with Crippen molar-refractivity contribution in [2.24, 2.45) is 5.73 Å². The molecule has 18 heavy (non-hydrogen) atoms. The molecule has 0 aromatic heterocycles. The largest absolute Gasteiger partial charge is 0.497 e. The first-order valence-corrected chi connectivity index (χ1v) is 7.22. The summed E-state index contributed by atoms with van der Waals surface area (Å²) in [6, 6.07) is 8.08. The number of hydrogen-bond acceptors (Lipinski definition) is 4. The maximum atomic E-state index is 9.20. The van der Waals surface area contributed by atoms with E-state index >= 15 is 0 Å². The molecule has 0 heterocycles. The van der Waals surface area contributed by atoms with Crippen molar-refractivity contribution in [3.8, 4) is 5.75 Å². The standard InChI is InChI=1S/C14H23NO2S/c1-4-13(15)14(18-10(2)9-16)11-6-5-7-12(8-11)17-3/h5-8,10,13-14,16H,4,9,15H2,1-3H3. The summed E-state index contributed by atoms with van der Waals surface area (Å²) in [7, 11) is 1.66. The first-order chi connectivity index (χ1) is 8.62. The Balaban J connectivity index is 2.93. The molecule has 3 nitrogen and oxygen atoms in total. The number of benzene rings is 1. The Morgan fingerprint density at radius 3 is 2.72 bits per heavy atom. The molecule has 0 spiro atoms. The van der Waals surface area contributed by atoms with Crippen LogP contribution in [0.5, 0.6) is 5.75 Å². The fourth-order valence-electron chi connectivity index (χ4n) is 1.75. The van der Waals surface area contributed by atoms with Gasteiger partial charge in [0.1, 0.15) is 5.75 Å². The fraction of sp³-hybridized carbons (Fsp3) is 0.571. The second-order valence-corrected chi connectivity index (χ2v) is 5.98. The van der Waals surface area contributed by atoms with Crippen LogP contribution in [-0.4, -0.2) is 30.1 Å². The Morgan fingerprint density at radius 2 is 2.17 bits per heavy atom. The zero-order valence-corrected chi connectivity index (χ0v) is 12.1. The second kappa shape index (κ2) is 7.67. The van der Waals surface area contributed by atoms with E-state index in [2.05, 4.69) is 13.0 Å². The van der Waals surface area contributed by atoms with Crippen LogP contribution >= 0.6 is 11.8 Å². The summed E-state index contributed by atoms with van der Waals surface area (Å²) >= 11 is 1.72. The Kier molecular flexibility index (Phi) is 6.54. The Bertz CT molecular complexity index is 359. The lowest BCUT2D eigenvalue weighted by Gasteiger charge is -2.25. The number of thioether (sulfide) groups is 1. The van der Waals surface area contributed by atoms with Crippen LogP contribution in [0.4, 0.5) is 0 Å². The second-order valence-electron chi connectivity index (χ2n) is 4.40. The van der Waals surface area contributed by atoms with Crippen LogP contribution in [0.25, 0.3) is 0 Å². The molecule has 0 saturated heterocycles. The highest BCUT2D eigenvalue weighted by Crippen LogP contribution is 2.36. The average molecular weight is 269 g/mol. The number of nitrogens with two attached hydrogens (primary N) is 1. The van der Waals surface area contributed by atoms with Crippen molar-refractivity contribution in [2.45, 2.75) is 36.8 Å². The molecule has 102 valence electrons. The normalized spacial score (nSPS) is 16.1. The van der Waals surface area contributed by atoms with Gasteiger partial charge < -0.3 is 15.6 Å². The third-order valence-corrected chi connectivity index (χ3v) is 4.45. The van der Waals surface area contributed by atoms with Gasteiger partial charge in [0.25, 0.3) is 0 Å². The van der Waals surface area contributed by atoms with Gasteiger partial charge in [-0.3, -0.25) is 0 Å². The van der Waals surface area contributed by atoms with Crippen molar-refractivity contribution in [2.75, 3.05) is 13.7 Å². The Labute approximate surface area is 114 Å². The van der Waals surface area contributed by atoms with E-state index in [0.717, 1.165) is 17.7 Å². The molecule has 1 rings (SSSR count). The van der Waals surface area contributed by atoms with E-state index in [9.17, 15) is 5.11 Å². The summed E-state index contributed by atoms with van der Waals surface area (Å²) in [5.74, 6) is 0.845. The van der Waals surface area contributed by atoms with Crippen LogP contribution in [0.3, 0.4) is 0 Å². The van der Waals surface area contributed by atoms with Gasteiger partial charge in [0, 0.05) is 16.5 Å². The molecule has 0 bridgehead atoms. The molecule has 0 saturated carbocycles. The minimum atomic E-state index is 0.0797. The Hall–Kier alpha value is -0.710. The van der Waals surface area contributed by atoms with Crippen molar-refractivity contribution in [1.29, 1.82) is 0 Å². The number of hydrogen-bond donors (Lipinski definition) is 2. The summed E-state index contributed by atoms with van der Waals surface area (Å²) in [6.07, 6.45) is 0.910. The van der Waals surface area contributed by atoms with Gasteiger partial charge in [-0.25, -0.2) is 0 Å². The molecule has 0 aliphatic heterocycles. The number of methoxy groups -OCH3 is 1. The minimum Gasteiger partial charge on any atom is -0.497 e. The zero-order chi connectivity index (χ0) is 13.5. The van der Waals surface area contributed by atoms with Crippen LogP contribution in [0.15, 0.2) is 24.3 Å². The smallest absolute Gasteiger partial charge is 0.119 e. The van der Waals surface area contributed by atoms with Crippen LogP contribution in [-0.2, 0) is 0 Å². The highest BCUT2D eigenvalue weighted by Gasteiger charge is 2.21. The minimum absolute atomic E-state index is 0.0797. The summed E-state index contributed by atoms with van der Waals surface area (Å²) in [4.78, 5) is 0. The monoisotopic (exact) mass is 269 g/mol. The maximum Gasteiger partial charge on any atom is 0.119 e. The molecule has 1 aromatic carbocycles. The predicted octanol–water partition coefficient (Wildman–Crippen LogP) is 2.59. The van der Waals surface area contributed by atoms with Crippen molar-refractivity contribution in [1.82, 2.24) is 0 Å². The Morgan fingerprint density at radius 1 is 1.44 bits per heavy atom. The van der Waals surface area contributed by atoms with Crippen LogP contribution < -0.4 is 10.5 Å². The summed E-state index contributed by atoms with van der Waals surface area (Å²) in [5.41, 5.74) is 7.36. The highest BCUT2D eigenvalue weighted by atomic mass is 32.2. The molecule has 0 amide bonds. The molecule has 3 N–H and O–H groups in total. The molecule has 4 heteroatoms. The van der Waals surface area contributed by atoms with Crippen molar-refractivity contribution < 1.29 is 9.84 Å². The maximum absolute atomic E-state index is 9.20. The summed E-state index contributed by atoms with van der Waals surface area (Å²) in [6.45, 7) is 4.27. The summed E-state index contributed by atoms with van der Waals surface area (Å²) < 4.78 is 5.25. The molecule has 1 aromatic rings. The van der Waals surface area contributed by atoms with Gasteiger partial charge in [-0.1, -0.05) is 26.0 Å². The topological polar surface area (TPSA) is 55.5 Å². The first-order valence-electron chi connectivity index (χ1n) is 6.28. The van der Waals surface area contributed by atoms with E-state index in [1.807, 2.05) is 25.1 Å².